The summed E-state index contributed by atoms with van der Waals surface area (Å²) in [6.45, 7) is 13.0. The summed E-state index contributed by atoms with van der Waals surface area (Å²) >= 11 is 0. The molecular formula is C28H52Cl2Hf2N2Si2-6. The maximum Gasteiger partial charge on any atom is 0.0213 e. The largest absolute Gasteiger partial charge is 1.00 e. The van der Waals surface area contributed by atoms with Gasteiger partial charge in [-0.05, 0) is 0 Å². The SMILES string of the molecule is CC1=CC[C-]=C1.CC1=CC[C-]=C1.C[SiH]C.C[SiH]C.[Cl-].[Cl-].[Hf].[Hf].[NH-]C1CCCCC1.[NH-]C1CCCCC1. The third kappa shape index (κ3) is 42.7. The average Bonchev–Trinajstić information content (AvgIpc) is 3.45. The topological polar surface area (TPSA) is 47.6 Å². The number of rotatable bonds is 0. The molecule has 2 N–H and O–H groups in total. The fourth-order valence-corrected chi connectivity index (χ4v) is 3.20. The van der Waals surface area contributed by atoms with Gasteiger partial charge in [0.1, 0.15) is 0 Å². The predicted octanol–water partition coefficient (Wildman–Crippen LogP) is 3.18. The predicted molar refractivity (Wildman–Crippen MR) is 153 cm³/mol. The van der Waals surface area contributed by atoms with E-state index in [1.165, 1.54) is 49.7 Å². The van der Waals surface area contributed by atoms with Crippen molar-refractivity contribution in [1.82, 2.24) is 0 Å². The van der Waals surface area contributed by atoms with Gasteiger partial charge >= 0.3 is 0 Å². The van der Waals surface area contributed by atoms with Crippen molar-refractivity contribution in [2.24, 2.45) is 0 Å². The molecule has 0 aromatic carbocycles. The van der Waals surface area contributed by atoms with E-state index in [4.69, 9.17) is 11.5 Å². The first-order chi connectivity index (χ1) is 15.4. The molecule has 4 aliphatic carbocycles. The van der Waals surface area contributed by atoms with Crippen molar-refractivity contribution >= 4 is 19.0 Å². The summed E-state index contributed by atoms with van der Waals surface area (Å²) in [7, 11) is 1.50. The fourth-order valence-electron chi connectivity index (χ4n) is 3.20. The van der Waals surface area contributed by atoms with E-state index in [1.54, 1.807) is 0 Å². The second kappa shape index (κ2) is 41.1. The van der Waals surface area contributed by atoms with Crippen LogP contribution in [0.4, 0.5) is 0 Å². The molecule has 0 saturated heterocycles. The van der Waals surface area contributed by atoms with Crippen LogP contribution in [0.2, 0.25) is 26.2 Å². The number of halogens is 2. The van der Waals surface area contributed by atoms with Crippen LogP contribution in [0, 0.1) is 12.2 Å². The minimum atomic E-state index is 0. The molecule has 2 saturated carbocycles. The molecule has 4 rings (SSSR count). The number of hydrogen-bond donors (Lipinski definition) is 0. The van der Waals surface area contributed by atoms with E-state index in [0.717, 1.165) is 57.6 Å². The number of allylic oxidation sites excluding steroid dienone is 8. The first kappa shape index (κ1) is 50.5. The molecular weight excluding hydrogens is 848 g/mol. The first-order valence-corrected chi connectivity index (χ1v) is 17.4. The Balaban J connectivity index is -0.0000000753. The van der Waals surface area contributed by atoms with Crippen LogP contribution in [0.15, 0.2) is 35.5 Å². The van der Waals surface area contributed by atoms with Gasteiger partial charge in [-0.1, -0.05) is 90.4 Å². The van der Waals surface area contributed by atoms with Crippen molar-refractivity contribution < 1.29 is 76.5 Å². The Labute approximate surface area is 281 Å². The summed E-state index contributed by atoms with van der Waals surface area (Å²) in [4.78, 5) is 0. The Kier molecular flexibility index (Phi) is 57.6. The maximum absolute atomic E-state index is 7.27. The Bertz CT molecular complexity index is 468. The minimum absolute atomic E-state index is 0. The first-order valence-electron chi connectivity index (χ1n) is 12.8. The summed E-state index contributed by atoms with van der Waals surface area (Å²) in [5.74, 6) is 0. The zero-order chi connectivity index (χ0) is 24.5. The van der Waals surface area contributed by atoms with Gasteiger partial charge in [0.25, 0.3) is 0 Å². The molecule has 8 heteroatoms. The van der Waals surface area contributed by atoms with E-state index in [0.29, 0.717) is 0 Å². The zero-order valence-electron chi connectivity index (χ0n) is 23.9. The van der Waals surface area contributed by atoms with Gasteiger partial charge in [-0.25, -0.2) is 23.3 Å². The van der Waals surface area contributed by atoms with Gasteiger partial charge in [0, 0.05) is 70.7 Å². The van der Waals surface area contributed by atoms with Crippen molar-refractivity contribution in [2.75, 3.05) is 0 Å². The van der Waals surface area contributed by atoms with Crippen molar-refractivity contribution in [1.29, 1.82) is 0 Å². The molecule has 36 heavy (non-hydrogen) atoms. The summed E-state index contributed by atoms with van der Waals surface area (Å²) in [5, 5.41) is 0. The Morgan fingerprint density at radius 3 is 0.944 bits per heavy atom. The second-order valence-corrected chi connectivity index (χ2v) is 11.1. The molecule has 0 amide bonds. The molecule has 4 aliphatic rings. The van der Waals surface area contributed by atoms with Crippen LogP contribution in [0.1, 0.15) is 90.9 Å². The molecule has 2 fully saturated rings. The van der Waals surface area contributed by atoms with Gasteiger partial charge in [0.05, 0.1) is 0 Å². The summed E-state index contributed by atoms with van der Waals surface area (Å²) < 4.78 is 0. The van der Waals surface area contributed by atoms with E-state index >= 15 is 0 Å². The standard InChI is InChI=1S/2C6H12N.2C6H7.2C2H7Si.2ClH.2Hf/c2*7-6-4-2-1-3-5-6;2*1-6-4-2-3-5-6;2*1-3-2;;;;/h2*6-7H,1-5H2;2*4-5H,2H2,1H3;2*3H,1-2H3;2*1H;;/q4*-1;;;;;;/p-2. The van der Waals surface area contributed by atoms with Gasteiger partial charge in [-0.3, -0.25) is 12.2 Å². The third-order valence-corrected chi connectivity index (χ3v) is 4.95. The van der Waals surface area contributed by atoms with Crippen LogP contribution in [0.25, 0.3) is 11.5 Å². The zero-order valence-corrected chi connectivity index (χ0v) is 34.9. The molecule has 0 heterocycles. The molecule has 0 aromatic heterocycles. The van der Waals surface area contributed by atoms with Gasteiger partial charge in [0.15, 0.2) is 0 Å². The average molecular weight is 901 g/mol. The quantitative estimate of drug-likeness (QED) is 0.266. The van der Waals surface area contributed by atoms with Crippen LogP contribution < -0.4 is 24.8 Å². The normalized spacial score (nSPS) is 17.0. The van der Waals surface area contributed by atoms with Gasteiger partial charge in [-0.2, -0.15) is 12.2 Å². The monoisotopic (exact) mass is 902 g/mol. The van der Waals surface area contributed by atoms with E-state index in [9.17, 15) is 0 Å². The summed E-state index contributed by atoms with van der Waals surface area (Å²) in [5.41, 5.74) is 17.2. The number of hydrogen-bond acceptors (Lipinski definition) is 0. The smallest absolute Gasteiger partial charge is 0.0213 e. The van der Waals surface area contributed by atoms with E-state index < -0.39 is 0 Å². The van der Waals surface area contributed by atoms with E-state index in [1.807, 2.05) is 12.2 Å². The molecule has 0 aromatic rings. The molecule has 0 aliphatic heterocycles. The van der Waals surface area contributed by atoms with Crippen LogP contribution in [-0.2, 0) is 51.7 Å². The van der Waals surface area contributed by atoms with Gasteiger partial charge in [0.2, 0.25) is 0 Å². The van der Waals surface area contributed by atoms with Crippen LogP contribution in [0.5, 0.6) is 0 Å². The van der Waals surface area contributed by atoms with Crippen molar-refractivity contribution in [2.45, 2.75) is 129 Å². The van der Waals surface area contributed by atoms with Crippen molar-refractivity contribution in [3.05, 3.63) is 59.1 Å². The molecule has 210 valence electrons. The Morgan fingerprint density at radius 2 is 0.861 bits per heavy atom. The van der Waals surface area contributed by atoms with Gasteiger partial charge in [-0.15, -0.1) is 38.8 Å². The molecule has 2 radical (unpaired) electrons. The Hall–Kier alpha value is 1.63. The van der Waals surface area contributed by atoms with E-state index in [2.05, 4.69) is 64.3 Å². The van der Waals surface area contributed by atoms with Crippen LogP contribution in [-0.4, -0.2) is 31.1 Å². The molecule has 0 unspecified atom stereocenters. The molecule has 0 spiro atoms. The maximum atomic E-state index is 7.27. The fraction of sp³-hybridized carbons (Fsp3) is 0.714. The summed E-state index contributed by atoms with van der Waals surface area (Å²) in [6.07, 6.45) is 29.0. The Morgan fingerprint density at radius 1 is 0.611 bits per heavy atom. The second-order valence-electron chi connectivity index (χ2n) is 8.83. The van der Waals surface area contributed by atoms with Crippen molar-refractivity contribution in [3.8, 4) is 0 Å². The summed E-state index contributed by atoms with van der Waals surface area (Å²) in [6, 6.07) is 0.572. The van der Waals surface area contributed by atoms with Crippen molar-refractivity contribution in [3.63, 3.8) is 0 Å². The van der Waals surface area contributed by atoms with Gasteiger partial charge < -0.3 is 36.3 Å². The number of nitrogens with one attached hydrogen (secondary N) is 2. The minimum Gasteiger partial charge on any atom is -1.00 e. The van der Waals surface area contributed by atoms with Crippen LogP contribution in [0.3, 0.4) is 0 Å². The molecule has 2 nitrogen and oxygen atoms in total. The van der Waals surface area contributed by atoms with Crippen LogP contribution >= 0.6 is 0 Å². The molecule has 0 atom stereocenters. The molecule has 0 bridgehead atoms. The van der Waals surface area contributed by atoms with E-state index in [-0.39, 0.29) is 88.6 Å². The third-order valence-electron chi connectivity index (χ3n) is 4.95.